The average molecular weight is 191 g/mol. The van der Waals surface area contributed by atoms with E-state index in [-0.39, 0.29) is 0 Å². The minimum absolute atomic E-state index is 0.468. The number of nitrogens with zero attached hydrogens (tertiary/aromatic N) is 1. The van der Waals surface area contributed by atoms with Crippen LogP contribution < -0.4 is 0 Å². The second kappa shape index (κ2) is 5.38. The maximum Gasteiger partial charge on any atom is 0.0995 e. The fourth-order valence-corrected chi connectivity index (χ4v) is 1.27. The second-order valence-corrected chi connectivity index (χ2v) is 2.97. The van der Waals surface area contributed by atoms with E-state index in [1.54, 1.807) is 14.2 Å². The summed E-state index contributed by atoms with van der Waals surface area (Å²) in [6, 6.07) is 7.82. The molecule has 0 fully saturated rings. The predicted molar refractivity (Wildman–Crippen MR) is 52.6 cm³/mol. The summed E-state index contributed by atoms with van der Waals surface area (Å²) in [5.74, 6) is 0. The molecule has 3 nitrogen and oxygen atoms in total. The lowest BCUT2D eigenvalue weighted by Crippen LogP contribution is -1.95. The first-order chi connectivity index (χ1) is 6.81. The molecular formula is C11H13NO2. The molecule has 0 aliphatic carbocycles. The van der Waals surface area contributed by atoms with Crippen molar-refractivity contribution in [3.8, 4) is 6.07 Å². The smallest absolute Gasteiger partial charge is 0.0995 e. The number of methoxy groups -OCH3 is 2. The van der Waals surface area contributed by atoms with E-state index in [1.807, 2.05) is 18.2 Å². The molecule has 0 atom stereocenters. The number of hydrogen-bond acceptors (Lipinski definition) is 3. The summed E-state index contributed by atoms with van der Waals surface area (Å²) in [5, 5.41) is 8.89. The largest absolute Gasteiger partial charge is 0.380 e. The molecule has 1 aromatic carbocycles. The maximum atomic E-state index is 8.89. The van der Waals surface area contributed by atoms with Crippen molar-refractivity contribution >= 4 is 0 Å². The fourth-order valence-electron chi connectivity index (χ4n) is 1.27. The molecule has 0 N–H and O–H groups in total. The maximum absolute atomic E-state index is 8.89. The average Bonchev–Trinajstić information content (AvgIpc) is 2.21. The normalized spacial score (nSPS) is 9.79. The van der Waals surface area contributed by atoms with Gasteiger partial charge < -0.3 is 9.47 Å². The van der Waals surface area contributed by atoms with Crippen LogP contribution in [0.2, 0.25) is 0 Å². The van der Waals surface area contributed by atoms with Crippen LogP contribution in [0.15, 0.2) is 18.2 Å². The zero-order valence-electron chi connectivity index (χ0n) is 8.41. The van der Waals surface area contributed by atoms with Crippen LogP contribution in [0.4, 0.5) is 0 Å². The Morgan fingerprint density at radius 3 is 2.50 bits per heavy atom. The van der Waals surface area contributed by atoms with E-state index in [0.717, 1.165) is 11.1 Å². The minimum Gasteiger partial charge on any atom is -0.380 e. The lowest BCUT2D eigenvalue weighted by atomic mass is 10.1. The Hall–Kier alpha value is -1.37. The van der Waals surface area contributed by atoms with Crippen LogP contribution >= 0.6 is 0 Å². The monoisotopic (exact) mass is 191 g/mol. The Labute approximate surface area is 83.9 Å². The summed E-state index contributed by atoms with van der Waals surface area (Å²) in [6.45, 7) is 0.998. The SMILES string of the molecule is COCc1ccc(COC)c(C#N)c1. The molecule has 0 amide bonds. The van der Waals surface area contributed by atoms with Crippen molar-refractivity contribution in [1.82, 2.24) is 0 Å². The van der Waals surface area contributed by atoms with Gasteiger partial charge in [0.15, 0.2) is 0 Å². The minimum atomic E-state index is 0.468. The fraction of sp³-hybridized carbons (Fsp3) is 0.364. The van der Waals surface area contributed by atoms with Gasteiger partial charge in [-0.25, -0.2) is 0 Å². The van der Waals surface area contributed by atoms with Crippen LogP contribution in [-0.4, -0.2) is 14.2 Å². The van der Waals surface area contributed by atoms with E-state index in [9.17, 15) is 0 Å². The van der Waals surface area contributed by atoms with Crippen molar-refractivity contribution < 1.29 is 9.47 Å². The predicted octanol–water partition coefficient (Wildman–Crippen LogP) is 1.85. The summed E-state index contributed by atoms with van der Waals surface area (Å²) in [4.78, 5) is 0. The third kappa shape index (κ3) is 2.56. The topological polar surface area (TPSA) is 42.2 Å². The van der Waals surface area contributed by atoms with Gasteiger partial charge in [-0.05, 0) is 17.2 Å². The first-order valence-corrected chi connectivity index (χ1v) is 4.31. The molecule has 0 radical (unpaired) electrons. The number of nitriles is 1. The summed E-state index contributed by atoms with van der Waals surface area (Å²) in [6.07, 6.45) is 0. The Morgan fingerprint density at radius 2 is 1.93 bits per heavy atom. The lowest BCUT2D eigenvalue weighted by Gasteiger charge is -2.05. The highest BCUT2D eigenvalue weighted by molar-refractivity contribution is 5.40. The highest BCUT2D eigenvalue weighted by Crippen LogP contribution is 2.12. The van der Waals surface area contributed by atoms with Crippen molar-refractivity contribution in [2.75, 3.05) is 14.2 Å². The van der Waals surface area contributed by atoms with Crippen LogP contribution in [0.25, 0.3) is 0 Å². The highest BCUT2D eigenvalue weighted by atomic mass is 16.5. The molecule has 14 heavy (non-hydrogen) atoms. The van der Waals surface area contributed by atoms with Gasteiger partial charge in [0.05, 0.1) is 24.8 Å². The first-order valence-electron chi connectivity index (χ1n) is 4.31. The zero-order chi connectivity index (χ0) is 10.4. The Balaban J connectivity index is 2.94. The molecule has 0 unspecified atom stereocenters. The van der Waals surface area contributed by atoms with E-state index in [1.165, 1.54) is 0 Å². The number of benzene rings is 1. The van der Waals surface area contributed by atoms with E-state index in [0.29, 0.717) is 18.8 Å². The summed E-state index contributed by atoms with van der Waals surface area (Å²) in [7, 11) is 3.25. The molecule has 0 aliphatic rings. The van der Waals surface area contributed by atoms with Crippen LogP contribution in [0.3, 0.4) is 0 Å². The zero-order valence-corrected chi connectivity index (χ0v) is 8.41. The lowest BCUT2D eigenvalue weighted by molar-refractivity contribution is 0.182. The molecule has 0 saturated carbocycles. The quantitative estimate of drug-likeness (QED) is 0.729. The molecule has 0 heterocycles. The van der Waals surface area contributed by atoms with Gasteiger partial charge in [0, 0.05) is 14.2 Å². The molecule has 1 rings (SSSR count). The van der Waals surface area contributed by atoms with Crippen molar-refractivity contribution in [1.29, 1.82) is 5.26 Å². The third-order valence-corrected chi connectivity index (χ3v) is 1.91. The van der Waals surface area contributed by atoms with E-state index >= 15 is 0 Å². The molecule has 3 heteroatoms. The van der Waals surface area contributed by atoms with Gasteiger partial charge in [-0.2, -0.15) is 5.26 Å². The van der Waals surface area contributed by atoms with E-state index in [2.05, 4.69) is 6.07 Å². The highest BCUT2D eigenvalue weighted by Gasteiger charge is 2.02. The second-order valence-electron chi connectivity index (χ2n) is 2.97. The van der Waals surface area contributed by atoms with Gasteiger partial charge >= 0.3 is 0 Å². The number of rotatable bonds is 4. The summed E-state index contributed by atoms with van der Waals surface area (Å²) < 4.78 is 9.97. The summed E-state index contributed by atoms with van der Waals surface area (Å²) in [5.41, 5.74) is 2.57. The third-order valence-electron chi connectivity index (χ3n) is 1.91. The van der Waals surface area contributed by atoms with Gasteiger partial charge in [-0.15, -0.1) is 0 Å². The Morgan fingerprint density at radius 1 is 1.21 bits per heavy atom. The van der Waals surface area contributed by atoms with Crippen LogP contribution in [0, 0.1) is 11.3 Å². The van der Waals surface area contributed by atoms with Gasteiger partial charge in [0.2, 0.25) is 0 Å². The molecule has 0 aromatic heterocycles. The molecule has 74 valence electrons. The van der Waals surface area contributed by atoms with Crippen molar-refractivity contribution in [3.63, 3.8) is 0 Å². The van der Waals surface area contributed by atoms with E-state index < -0.39 is 0 Å². The number of hydrogen-bond donors (Lipinski definition) is 0. The van der Waals surface area contributed by atoms with Crippen molar-refractivity contribution in [3.05, 3.63) is 34.9 Å². The van der Waals surface area contributed by atoms with Crippen molar-refractivity contribution in [2.24, 2.45) is 0 Å². The molecule has 0 bridgehead atoms. The van der Waals surface area contributed by atoms with Crippen molar-refractivity contribution in [2.45, 2.75) is 13.2 Å². The van der Waals surface area contributed by atoms with Gasteiger partial charge in [-0.1, -0.05) is 12.1 Å². The number of ether oxygens (including phenoxy) is 2. The summed E-state index contributed by atoms with van der Waals surface area (Å²) >= 11 is 0. The molecule has 1 aromatic rings. The van der Waals surface area contributed by atoms with Crippen LogP contribution in [0.1, 0.15) is 16.7 Å². The van der Waals surface area contributed by atoms with Gasteiger partial charge in [0.1, 0.15) is 0 Å². The van der Waals surface area contributed by atoms with Crippen LogP contribution in [-0.2, 0) is 22.7 Å². The van der Waals surface area contributed by atoms with Gasteiger partial charge in [-0.3, -0.25) is 0 Å². The molecule has 0 aliphatic heterocycles. The molecular weight excluding hydrogens is 178 g/mol. The molecule has 0 spiro atoms. The van der Waals surface area contributed by atoms with Crippen LogP contribution in [0.5, 0.6) is 0 Å². The van der Waals surface area contributed by atoms with E-state index in [4.69, 9.17) is 14.7 Å². The van der Waals surface area contributed by atoms with Gasteiger partial charge in [0.25, 0.3) is 0 Å². The standard InChI is InChI=1S/C11H13NO2/c1-13-7-9-3-4-10(8-14-2)11(5-9)6-12/h3-5H,7-8H2,1-2H3. The Kier molecular flexibility index (Phi) is 4.11. The molecule has 0 saturated heterocycles. The first kappa shape index (κ1) is 10.7. The Bertz CT molecular complexity index is 342.